The van der Waals surface area contributed by atoms with Crippen LogP contribution in [-0.2, 0) is 0 Å². The molecule has 5 heteroatoms. The summed E-state index contributed by atoms with van der Waals surface area (Å²) in [7, 11) is 0. The lowest BCUT2D eigenvalue weighted by Crippen LogP contribution is -2.28. The number of carbonyl (C=O) groups excluding carboxylic acids is 1. The van der Waals surface area contributed by atoms with Crippen molar-refractivity contribution >= 4 is 22.2 Å². The fraction of sp³-hybridized carbons (Fsp3) is 0.182. The first-order valence-electron chi connectivity index (χ1n) is 9.17. The quantitative estimate of drug-likeness (QED) is 0.527. The van der Waals surface area contributed by atoms with Gasteiger partial charge in [-0.2, -0.15) is 0 Å². The van der Waals surface area contributed by atoms with Crippen LogP contribution in [0.25, 0.3) is 27.7 Å². The van der Waals surface area contributed by atoms with Crippen LogP contribution in [0.1, 0.15) is 23.3 Å². The Morgan fingerprint density at radius 1 is 0.963 bits per heavy atom. The highest BCUT2D eigenvalue weighted by Gasteiger charge is 2.26. The van der Waals surface area contributed by atoms with E-state index in [0.29, 0.717) is 11.5 Å². The van der Waals surface area contributed by atoms with Crippen molar-refractivity contribution in [3.63, 3.8) is 0 Å². The molecule has 1 fully saturated rings. The Hall–Kier alpha value is -3.21. The van der Waals surface area contributed by atoms with Crippen LogP contribution < -0.4 is 0 Å². The molecule has 0 bridgehead atoms. The van der Waals surface area contributed by atoms with E-state index in [2.05, 4.69) is 0 Å². The molecular formula is C22H18FN3O. The molecule has 3 heterocycles. The molecular weight excluding hydrogens is 341 g/mol. The van der Waals surface area contributed by atoms with Gasteiger partial charge < -0.3 is 4.90 Å². The fourth-order valence-corrected chi connectivity index (χ4v) is 3.87. The Morgan fingerprint density at radius 3 is 2.48 bits per heavy atom. The first-order valence-corrected chi connectivity index (χ1v) is 9.17. The molecule has 27 heavy (non-hydrogen) atoms. The first kappa shape index (κ1) is 16.0. The van der Waals surface area contributed by atoms with Crippen LogP contribution >= 0.6 is 0 Å². The van der Waals surface area contributed by atoms with Crippen molar-refractivity contribution in [3.8, 4) is 11.4 Å². The van der Waals surface area contributed by atoms with Gasteiger partial charge >= 0.3 is 0 Å². The number of rotatable bonds is 2. The van der Waals surface area contributed by atoms with Gasteiger partial charge in [-0.15, -0.1) is 0 Å². The van der Waals surface area contributed by atoms with Crippen LogP contribution in [0.15, 0.2) is 60.8 Å². The number of hydrogen-bond acceptors (Lipinski definition) is 2. The van der Waals surface area contributed by atoms with E-state index >= 15 is 0 Å². The van der Waals surface area contributed by atoms with Crippen molar-refractivity contribution in [3.05, 3.63) is 72.3 Å². The van der Waals surface area contributed by atoms with Crippen molar-refractivity contribution < 1.29 is 9.18 Å². The number of likely N-dealkylation sites (tertiary alicyclic amines) is 1. The highest BCUT2D eigenvalue weighted by Crippen LogP contribution is 2.30. The summed E-state index contributed by atoms with van der Waals surface area (Å²) in [5.41, 5.74) is 2.06. The molecule has 0 spiro atoms. The van der Waals surface area contributed by atoms with Gasteiger partial charge in [-0.25, -0.2) is 9.37 Å². The molecule has 2 aromatic heterocycles. The molecule has 1 amide bonds. The molecule has 1 aliphatic heterocycles. The van der Waals surface area contributed by atoms with Gasteiger partial charge in [-0.1, -0.05) is 24.3 Å². The number of pyridine rings is 1. The van der Waals surface area contributed by atoms with Gasteiger partial charge in [0.2, 0.25) is 0 Å². The molecule has 0 saturated carbocycles. The lowest BCUT2D eigenvalue weighted by atomic mass is 10.1. The molecule has 0 radical (unpaired) electrons. The van der Waals surface area contributed by atoms with E-state index in [1.807, 2.05) is 45.8 Å². The predicted molar refractivity (Wildman–Crippen MR) is 103 cm³/mol. The molecule has 0 atom stereocenters. The number of halogens is 1. The monoisotopic (exact) mass is 359 g/mol. The molecule has 2 aromatic carbocycles. The average Bonchev–Trinajstić information content (AvgIpc) is 3.36. The number of aromatic nitrogens is 2. The SMILES string of the molecule is O=C(c1nc(-c2ccc(F)cc2)n2ccc3ccccc3c12)N1CCCC1. The number of hydrogen-bond donors (Lipinski definition) is 0. The Morgan fingerprint density at radius 2 is 1.70 bits per heavy atom. The molecule has 1 saturated heterocycles. The van der Waals surface area contributed by atoms with Gasteiger partial charge in [0.25, 0.3) is 5.91 Å². The second-order valence-electron chi connectivity index (χ2n) is 6.91. The van der Waals surface area contributed by atoms with Crippen molar-refractivity contribution in [2.45, 2.75) is 12.8 Å². The topological polar surface area (TPSA) is 37.6 Å². The Bertz CT molecular complexity index is 1160. The maximum absolute atomic E-state index is 13.4. The maximum atomic E-state index is 13.4. The summed E-state index contributed by atoms with van der Waals surface area (Å²) in [6.07, 6.45) is 4.00. The molecule has 0 N–H and O–H groups in total. The van der Waals surface area contributed by atoms with Gasteiger partial charge in [0.15, 0.2) is 5.69 Å². The number of fused-ring (bicyclic) bond motifs is 3. The minimum Gasteiger partial charge on any atom is -0.337 e. The molecule has 4 nitrogen and oxygen atoms in total. The van der Waals surface area contributed by atoms with Crippen molar-refractivity contribution in [2.24, 2.45) is 0 Å². The fourth-order valence-electron chi connectivity index (χ4n) is 3.87. The van der Waals surface area contributed by atoms with Crippen molar-refractivity contribution in [1.29, 1.82) is 0 Å². The number of imidazole rings is 1. The van der Waals surface area contributed by atoms with Gasteiger partial charge in [0.1, 0.15) is 11.6 Å². The summed E-state index contributed by atoms with van der Waals surface area (Å²) in [5.74, 6) is 0.325. The minimum absolute atomic E-state index is 0.0327. The van der Waals surface area contributed by atoms with Crippen LogP contribution in [0.5, 0.6) is 0 Å². The smallest absolute Gasteiger partial charge is 0.274 e. The summed E-state index contributed by atoms with van der Waals surface area (Å²) in [4.78, 5) is 19.8. The zero-order valence-electron chi connectivity index (χ0n) is 14.7. The zero-order chi connectivity index (χ0) is 18.4. The van der Waals surface area contributed by atoms with Gasteiger partial charge in [0.05, 0.1) is 5.52 Å². The van der Waals surface area contributed by atoms with E-state index in [1.165, 1.54) is 12.1 Å². The summed E-state index contributed by atoms with van der Waals surface area (Å²) >= 11 is 0. The summed E-state index contributed by atoms with van der Waals surface area (Å²) < 4.78 is 15.3. The maximum Gasteiger partial charge on any atom is 0.274 e. The lowest BCUT2D eigenvalue weighted by molar-refractivity contribution is 0.0789. The predicted octanol–water partition coefficient (Wildman–Crippen LogP) is 4.53. The summed E-state index contributed by atoms with van der Waals surface area (Å²) in [6.45, 7) is 1.54. The van der Waals surface area contributed by atoms with Crippen molar-refractivity contribution in [2.75, 3.05) is 13.1 Å². The van der Waals surface area contributed by atoms with Gasteiger partial charge in [0, 0.05) is 30.2 Å². The minimum atomic E-state index is -0.293. The Labute approximate surface area is 155 Å². The highest BCUT2D eigenvalue weighted by atomic mass is 19.1. The molecule has 4 aromatic rings. The van der Waals surface area contributed by atoms with E-state index in [0.717, 1.165) is 47.8 Å². The second kappa shape index (κ2) is 6.20. The molecule has 1 aliphatic rings. The Kier molecular flexibility index (Phi) is 3.67. The third-order valence-corrected chi connectivity index (χ3v) is 5.23. The lowest BCUT2D eigenvalue weighted by Gasteiger charge is -2.14. The second-order valence-corrected chi connectivity index (χ2v) is 6.91. The molecule has 134 valence electrons. The van der Waals surface area contributed by atoms with E-state index in [9.17, 15) is 9.18 Å². The van der Waals surface area contributed by atoms with Crippen LogP contribution in [0.2, 0.25) is 0 Å². The van der Waals surface area contributed by atoms with Gasteiger partial charge in [-0.05, 0) is 48.6 Å². The van der Waals surface area contributed by atoms with Crippen LogP contribution in [0.4, 0.5) is 4.39 Å². The average molecular weight is 359 g/mol. The van der Waals surface area contributed by atoms with E-state index in [4.69, 9.17) is 4.98 Å². The third kappa shape index (κ3) is 2.58. The standard InChI is InChI=1S/C22H18FN3O/c23-17-9-7-16(8-10-17)21-24-19(22(27)25-12-3-4-13-25)20-18-6-2-1-5-15(18)11-14-26(20)21/h1-2,5-11,14H,3-4,12-13H2. The molecule has 0 aliphatic carbocycles. The van der Waals surface area contributed by atoms with E-state index in [-0.39, 0.29) is 11.7 Å². The van der Waals surface area contributed by atoms with Crippen LogP contribution in [0.3, 0.4) is 0 Å². The van der Waals surface area contributed by atoms with Crippen LogP contribution in [-0.4, -0.2) is 33.3 Å². The number of amides is 1. The highest BCUT2D eigenvalue weighted by molar-refractivity contribution is 6.09. The zero-order valence-corrected chi connectivity index (χ0v) is 14.7. The number of benzene rings is 2. The van der Waals surface area contributed by atoms with Gasteiger partial charge in [-0.3, -0.25) is 9.20 Å². The normalized spacial score (nSPS) is 14.3. The van der Waals surface area contributed by atoms with Crippen molar-refractivity contribution in [1.82, 2.24) is 14.3 Å². The third-order valence-electron chi connectivity index (χ3n) is 5.23. The number of nitrogens with zero attached hydrogens (tertiary/aromatic N) is 3. The van der Waals surface area contributed by atoms with Crippen LogP contribution in [0, 0.1) is 5.82 Å². The van der Waals surface area contributed by atoms with E-state index < -0.39 is 0 Å². The first-order chi connectivity index (χ1) is 13.2. The number of carbonyl (C=O) groups is 1. The summed E-state index contributed by atoms with van der Waals surface area (Å²) in [6, 6.07) is 16.2. The molecule has 5 rings (SSSR count). The molecule has 0 unspecified atom stereocenters. The largest absolute Gasteiger partial charge is 0.337 e. The Balaban J connectivity index is 1.80. The summed E-state index contributed by atoms with van der Waals surface area (Å²) in [5, 5.41) is 2.05. The van der Waals surface area contributed by atoms with E-state index in [1.54, 1.807) is 12.1 Å².